The largest absolute Gasteiger partial charge is 0.0654 e. The summed E-state index contributed by atoms with van der Waals surface area (Å²) < 4.78 is 0. The number of hydrogen-bond donors (Lipinski definition) is 0. The summed E-state index contributed by atoms with van der Waals surface area (Å²) in [5, 5.41) is 0. The Hall–Kier alpha value is -1.56. The molecule has 1 aliphatic rings. The summed E-state index contributed by atoms with van der Waals surface area (Å²) in [6, 6.07) is 18.5. The van der Waals surface area contributed by atoms with Gasteiger partial charge in [0.05, 0.1) is 0 Å². The Kier molecular flexibility index (Phi) is 7.77. The normalized spacial score (nSPS) is 22.3. The first-order valence-electron chi connectivity index (χ1n) is 11.8. The van der Waals surface area contributed by atoms with E-state index in [0.717, 1.165) is 12.3 Å². The van der Waals surface area contributed by atoms with E-state index in [1.54, 1.807) is 5.56 Å². The molecule has 1 saturated carbocycles. The molecular formula is C28H40. The van der Waals surface area contributed by atoms with E-state index in [0.29, 0.717) is 5.41 Å². The van der Waals surface area contributed by atoms with E-state index < -0.39 is 0 Å². The summed E-state index contributed by atoms with van der Waals surface area (Å²) in [5.74, 6) is 0.768. The molecule has 0 N–H and O–H groups in total. The number of aryl methyl sites for hydroxylation is 1. The zero-order valence-electron chi connectivity index (χ0n) is 18.5. The molecule has 1 fully saturated rings. The highest BCUT2D eigenvalue weighted by atomic mass is 14.4. The molecule has 0 heteroatoms. The first-order valence-corrected chi connectivity index (χ1v) is 11.8. The fraction of sp³-hybridized carbons (Fsp3) is 0.571. The van der Waals surface area contributed by atoms with Crippen molar-refractivity contribution >= 4 is 0 Å². The maximum absolute atomic E-state index is 2.55. The van der Waals surface area contributed by atoms with E-state index in [1.807, 2.05) is 0 Å². The number of benzene rings is 2. The molecule has 0 aromatic heterocycles. The molecule has 0 spiro atoms. The second kappa shape index (κ2) is 10.3. The van der Waals surface area contributed by atoms with Gasteiger partial charge in [0.1, 0.15) is 0 Å². The lowest BCUT2D eigenvalue weighted by Gasteiger charge is -2.38. The van der Waals surface area contributed by atoms with Crippen molar-refractivity contribution in [2.45, 2.75) is 97.3 Å². The van der Waals surface area contributed by atoms with Crippen LogP contribution in [0, 0.1) is 5.41 Å². The van der Waals surface area contributed by atoms with Crippen molar-refractivity contribution in [1.29, 1.82) is 0 Å². The zero-order chi connectivity index (χ0) is 19.8. The van der Waals surface area contributed by atoms with Crippen LogP contribution in [-0.2, 0) is 6.42 Å². The minimum atomic E-state index is 0.601. The van der Waals surface area contributed by atoms with E-state index in [1.165, 1.54) is 80.9 Å². The van der Waals surface area contributed by atoms with Crippen molar-refractivity contribution in [3.63, 3.8) is 0 Å². The average molecular weight is 377 g/mol. The first kappa shape index (κ1) is 21.2. The van der Waals surface area contributed by atoms with Gasteiger partial charge >= 0.3 is 0 Å². The van der Waals surface area contributed by atoms with E-state index in [2.05, 4.69) is 69.3 Å². The second-order valence-electron chi connectivity index (χ2n) is 9.42. The SMILES string of the molecule is CCCCCCCC1(C)CCC(c2ccc(-c3ccc(CC)cc3)cc2)CC1. The molecule has 0 aliphatic heterocycles. The van der Waals surface area contributed by atoms with Gasteiger partial charge in [0.15, 0.2) is 0 Å². The highest BCUT2D eigenvalue weighted by molar-refractivity contribution is 5.64. The first-order chi connectivity index (χ1) is 13.6. The monoisotopic (exact) mass is 376 g/mol. The quantitative estimate of drug-likeness (QED) is 0.383. The van der Waals surface area contributed by atoms with Crippen LogP contribution < -0.4 is 0 Å². The van der Waals surface area contributed by atoms with E-state index in [4.69, 9.17) is 0 Å². The van der Waals surface area contributed by atoms with Crippen molar-refractivity contribution in [3.8, 4) is 11.1 Å². The Morgan fingerprint density at radius 1 is 0.750 bits per heavy atom. The van der Waals surface area contributed by atoms with Gasteiger partial charge in [0, 0.05) is 0 Å². The van der Waals surface area contributed by atoms with Gasteiger partial charge in [0.25, 0.3) is 0 Å². The van der Waals surface area contributed by atoms with E-state index in [9.17, 15) is 0 Å². The van der Waals surface area contributed by atoms with Crippen LogP contribution in [0.25, 0.3) is 11.1 Å². The summed E-state index contributed by atoms with van der Waals surface area (Å²) in [5.41, 5.74) is 6.25. The molecule has 0 unspecified atom stereocenters. The minimum Gasteiger partial charge on any atom is -0.0654 e. The number of rotatable bonds is 9. The summed E-state index contributed by atoms with van der Waals surface area (Å²) in [4.78, 5) is 0. The third kappa shape index (κ3) is 5.72. The van der Waals surface area contributed by atoms with Crippen LogP contribution >= 0.6 is 0 Å². The standard InChI is InChI=1S/C28H40/c1-4-6-7-8-9-20-28(3)21-18-27(19-22-28)26-16-14-25(15-17-26)24-12-10-23(5-2)11-13-24/h10-17,27H,4-9,18-22H2,1-3H3. The van der Waals surface area contributed by atoms with Crippen LogP contribution in [0.5, 0.6) is 0 Å². The molecule has 0 atom stereocenters. The van der Waals surface area contributed by atoms with E-state index in [-0.39, 0.29) is 0 Å². The Balaban J connectivity index is 1.51. The molecule has 2 aromatic carbocycles. The molecule has 0 amide bonds. The zero-order valence-corrected chi connectivity index (χ0v) is 18.5. The smallest absolute Gasteiger partial charge is 0.0162 e. The number of unbranched alkanes of at least 4 members (excludes halogenated alkanes) is 4. The Labute approximate surface area is 173 Å². The number of hydrogen-bond acceptors (Lipinski definition) is 0. The van der Waals surface area contributed by atoms with Crippen molar-refractivity contribution in [2.75, 3.05) is 0 Å². The van der Waals surface area contributed by atoms with Crippen molar-refractivity contribution < 1.29 is 0 Å². The van der Waals surface area contributed by atoms with Gasteiger partial charge < -0.3 is 0 Å². The van der Waals surface area contributed by atoms with Gasteiger partial charge in [-0.2, -0.15) is 0 Å². The average Bonchev–Trinajstić information content (AvgIpc) is 2.74. The van der Waals surface area contributed by atoms with Gasteiger partial charge in [-0.05, 0) is 72.1 Å². The fourth-order valence-electron chi connectivity index (χ4n) is 4.93. The minimum absolute atomic E-state index is 0.601. The lowest BCUT2D eigenvalue weighted by Crippen LogP contribution is -2.23. The highest BCUT2D eigenvalue weighted by Gasteiger charge is 2.31. The maximum Gasteiger partial charge on any atom is -0.0162 e. The molecule has 0 heterocycles. The predicted octanol–water partition coefficient (Wildman–Crippen LogP) is 8.94. The van der Waals surface area contributed by atoms with Gasteiger partial charge in [-0.1, -0.05) is 101 Å². The molecule has 1 aliphatic carbocycles. The van der Waals surface area contributed by atoms with Gasteiger partial charge in [-0.3, -0.25) is 0 Å². The molecule has 0 saturated heterocycles. The Morgan fingerprint density at radius 2 is 1.32 bits per heavy atom. The van der Waals surface area contributed by atoms with Crippen molar-refractivity contribution in [2.24, 2.45) is 5.41 Å². The van der Waals surface area contributed by atoms with Crippen LogP contribution in [0.15, 0.2) is 48.5 Å². The lowest BCUT2D eigenvalue weighted by molar-refractivity contribution is 0.177. The molecule has 0 bridgehead atoms. The maximum atomic E-state index is 2.55. The van der Waals surface area contributed by atoms with Crippen LogP contribution in [-0.4, -0.2) is 0 Å². The molecule has 3 rings (SSSR count). The van der Waals surface area contributed by atoms with Crippen LogP contribution in [0.3, 0.4) is 0 Å². The lowest BCUT2D eigenvalue weighted by atomic mass is 9.68. The molecule has 0 nitrogen and oxygen atoms in total. The van der Waals surface area contributed by atoms with Crippen molar-refractivity contribution in [1.82, 2.24) is 0 Å². The molecule has 0 radical (unpaired) electrons. The van der Waals surface area contributed by atoms with Crippen molar-refractivity contribution in [3.05, 3.63) is 59.7 Å². The summed E-state index contributed by atoms with van der Waals surface area (Å²) >= 11 is 0. The summed E-state index contributed by atoms with van der Waals surface area (Å²) in [6.07, 6.45) is 15.2. The van der Waals surface area contributed by atoms with Gasteiger partial charge in [-0.25, -0.2) is 0 Å². The molecular weight excluding hydrogens is 336 g/mol. The van der Waals surface area contributed by atoms with Gasteiger partial charge in [-0.15, -0.1) is 0 Å². The second-order valence-corrected chi connectivity index (χ2v) is 9.42. The third-order valence-electron chi connectivity index (χ3n) is 7.15. The molecule has 2 aromatic rings. The highest BCUT2D eigenvalue weighted by Crippen LogP contribution is 2.45. The topological polar surface area (TPSA) is 0 Å². The van der Waals surface area contributed by atoms with E-state index >= 15 is 0 Å². The Morgan fingerprint density at radius 3 is 1.89 bits per heavy atom. The Bertz CT molecular complexity index is 684. The summed E-state index contributed by atoms with van der Waals surface area (Å²) in [7, 11) is 0. The van der Waals surface area contributed by atoms with Crippen LogP contribution in [0.1, 0.15) is 102 Å². The molecule has 28 heavy (non-hydrogen) atoms. The molecule has 152 valence electrons. The summed E-state index contributed by atoms with van der Waals surface area (Å²) in [6.45, 7) is 7.06. The predicted molar refractivity (Wildman–Crippen MR) is 124 cm³/mol. The third-order valence-corrected chi connectivity index (χ3v) is 7.15. The van der Waals surface area contributed by atoms with Crippen LogP contribution in [0.2, 0.25) is 0 Å². The van der Waals surface area contributed by atoms with Crippen LogP contribution in [0.4, 0.5) is 0 Å². The van der Waals surface area contributed by atoms with Gasteiger partial charge in [0.2, 0.25) is 0 Å². The fourth-order valence-corrected chi connectivity index (χ4v) is 4.93.